The van der Waals surface area contributed by atoms with Crippen LogP contribution >= 0.6 is 11.6 Å². The van der Waals surface area contributed by atoms with Gasteiger partial charge in [0.25, 0.3) is 0 Å². The summed E-state index contributed by atoms with van der Waals surface area (Å²) in [6.45, 7) is 3.42. The van der Waals surface area contributed by atoms with Crippen LogP contribution in [0.25, 0.3) is 5.82 Å². The third-order valence-corrected chi connectivity index (χ3v) is 3.15. The zero-order valence-corrected chi connectivity index (χ0v) is 11.0. The van der Waals surface area contributed by atoms with Gasteiger partial charge in [-0.05, 0) is 19.9 Å². The molecule has 2 aromatic rings. The number of nitrogens with one attached hydrogen (secondary N) is 1. The van der Waals surface area contributed by atoms with Crippen LogP contribution in [0.5, 0.6) is 0 Å². The molecule has 0 aliphatic heterocycles. The molecule has 100 valence electrons. The van der Waals surface area contributed by atoms with Gasteiger partial charge in [-0.3, -0.25) is 10.1 Å². The van der Waals surface area contributed by atoms with Gasteiger partial charge in [-0.25, -0.2) is 15.5 Å². The van der Waals surface area contributed by atoms with E-state index in [0.29, 0.717) is 22.2 Å². The Hall–Kier alpha value is -2.19. The SMILES string of the molecule is Cc1nn(-c2nc(NN)ccc2[N+](=O)[O-])c(C)c1Cl. The summed E-state index contributed by atoms with van der Waals surface area (Å²) in [7, 11) is 0. The van der Waals surface area contributed by atoms with Crippen molar-refractivity contribution in [2.45, 2.75) is 13.8 Å². The molecule has 0 bridgehead atoms. The second-order valence-electron chi connectivity index (χ2n) is 3.84. The van der Waals surface area contributed by atoms with Crippen molar-refractivity contribution in [1.82, 2.24) is 14.8 Å². The molecule has 9 heteroatoms. The Kier molecular flexibility index (Phi) is 3.36. The summed E-state index contributed by atoms with van der Waals surface area (Å²) in [5.74, 6) is 5.62. The predicted octanol–water partition coefficient (Wildman–Crippen LogP) is 1.73. The number of nitrogens with two attached hydrogens (primary N) is 1. The van der Waals surface area contributed by atoms with E-state index in [-0.39, 0.29) is 11.5 Å². The van der Waals surface area contributed by atoms with E-state index in [1.54, 1.807) is 13.8 Å². The molecule has 0 atom stereocenters. The first-order valence-corrected chi connectivity index (χ1v) is 5.67. The number of hydrogen-bond acceptors (Lipinski definition) is 6. The van der Waals surface area contributed by atoms with Crippen molar-refractivity contribution >= 4 is 23.1 Å². The lowest BCUT2D eigenvalue weighted by Gasteiger charge is -2.06. The molecule has 2 aromatic heterocycles. The molecule has 0 unspecified atom stereocenters. The molecule has 3 N–H and O–H groups in total. The quantitative estimate of drug-likeness (QED) is 0.504. The van der Waals surface area contributed by atoms with Crippen molar-refractivity contribution in [3.8, 4) is 5.82 Å². The summed E-state index contributed by atoms with van der Waals surface area (Å²) in [5, 5.41) is 15.6. The van der Waals surface area contributed by atoms with E-state index in [1.165, 1.54) is 16.8 Å². The molecule has 0 saturated heterocycles. The standard InChI is InChI=1S/C10H11ClN6O2/c1-5-9(11)6(2)16(15-5)10-7(17(18)19)3-4-8(13-10)14-12/h3-4H,12H2,1-2H3,(H,13,14). The van der Waals surface area contributed by atoms with Gasteiger partial charge in [-0.1, -0.05) is 11.6 Å². The van der Waals surface area contributed by atoms with Crippen LogP contribution in [-0.2, 0) is 0 Å². The van der Waals surface area contributed by atoms with E-state index in [4.69, 9.17) is 17.4 Å². The largest absolute Gasteiger partial charge is 0.313 e. The molecule has 0 radical (unpaired) electrons. The summed E-state index contributed by atoms with van der Waals surface area (Å²) >= 11 is 6.03. The highest BCUT2D eigenvalue weighted by molar-refractivity contribution is 6.31. The fourth-order valence-corrected chi connectivity index (χ4v) is 1.77. The van der Waals surface area contributed by atoms with Gasteiger partial charge in [0.05, 0.1) is 21.3 Å². The third kappa shape index (κ3) is 2.23. The summed E-state index contributed by atoms with van der Waals surface area (Å²) in [6, 6.07) is 2.72. The Morgan fingerprint density at radius 3 is 2.63 bits per heavy atom. The topological polar surface area (TPSA) is 112 Å². The van der Waals surface area contributed by atoms with Gasteiger partial charge < -0.3 is 5.43 Å². The van der Waals surface area contributed by atoms with E-state index in [9.17, 15) is 10.1 Å². The van der Waals surface area contributed by atoms with Crippen molar-refractivity contribution in [2.24, 2.45) is 5.84 Å². The lowest BCUT2D eigenvalue weighted by molar-refractivity contribution is -0.384. The summed E-state index contributed by atoms with van der Waals surface area (Å²) in [4.78, 5) is 14.6. The van der Waals surface area contributed by atoms with Crippen LogP contribution in [0.1, 0.15) is 11.4 Å². The Labute approximate surface area is 113 Å². The molecule has 2 heterocycles. The maximum Gasteiger partial charge on any atom is 0.313 e. The maximum atomic E-state index is 11.0. The van der Waals surface area contributed by atoms with E-state index >= 15 is 0 Å². The fourth-order valence-electron chi connectivity index (χ4n) is 1.65. The van der Waals surface area contributed by atoms with Gasteiger partial charge in [0, 0.05) is 6.07 Å². The summed E-state index contributed by atoms with van der Waals surface area (Å²) < 4.78 is 1.33. The van der Waals surface area contributed by atoms with Crippen molar-refractivity contribution in [2.75, 3.05) is 5.43 Å². The molecular formula is C10H11ClN6O2. The number of aromatic nitrogens is 3. The average Bonchev–Trinajstić information content (AvgIpc) is 2.65. The van der Waals surface area contributed by atoms with Crippen LogP contribution in [0.2, 0.25) is 5.02 Å². The van der Waals surface area contributed by atoms with Gasteiger partial charge >= 0.3 is 5.69 Å². The molecule has 19 heavy (non-hydrogen) atoms. The number of nitrogens with zero attached hydrogens (tertiary/aromatic N) is 4. The lowest BCUT2D eigenvalue weighted by Crippen LogP contribution is -2.12. The zero-order chi connectivity index (χ0) is 14.2. The molecule has 0 saturated carbocycles. The number of halogens is 1. The molecule has 0 fully saturated rings. The summed E-state index contributed by atoms with van der Waals surface area (Å²) in [5.41, 5.74) is 3.30. The molecule has 0 spiro atoms. The van der Waals surface area contributed by atoms with Gasteiger partial charge in [0.15, 0.2) is 0 Å². The molecule has 0 amide bonds. The molecule has 8 nitrogen and oxygen atoms in total. The van der Waals surface area contributed by atoms with Crippen LogP contribution in [0.4, 0.5) is 11.5 Å². The first kappa shape index (κ1) is 13.2. The Morgan fingerprint density at radius 2 is 2.16 bits per heavy atom. The molecule has 0 aromatic carbocycles. The van der Waals surface area contributed by atoms with Gasteiger partial charge in [0.2, 0.25) is 5.82 Å². The predicted molar refractivity (Wildman–Crippen MR) is 70.3 cm³/mol. The number of hydrazine groups is 1. The van der Waals surface area contributed by atoms with Crippen LogP contribution in [0.15, 0.2) is 12.1 Å². The lowest BCUT2D eigenvalue weighted by atomic mass is 10.3. The second kappa shape index (κ2) is 4.82. The number of nitro groups is 1. The average molecular weight is 283 g/mol. The Balaban J connectivity index is 2.71. The molecular weight excluding hydrogens is 272 g/mol. The smallest absolute Gasteiger partial charge is 0.308 e. The fraction of sp³-hybridized carbons (Fsp3) is 0.200. The first-order valence-electron chi connectivity index (χ1n) is 5.30. The normalized spacial score (nSPS) is 10.5. The van der Waals surface area contributed by atoms with Crippen LogP contribution in [0, 0.1) is 24.0 Å². The van der Waals surface area contributed by atoms with Crippen molar-refractivity contribution in [3.63, 3.8) is 0 Å². The van der Waals surface area contributed by atoms with E-state index in [1.807, 2.05) is 0 Å². The highest BCUT2D eigenvalue weighted by Gasteiger charge is 2.22. The number of pyridine rings is 1. The van der Waals surface area contributed by atoms with Crippen molar-refractivity contribution in [3.05, 3.63) is 38.7 Å². The van der Waals surface area contributed by atoms with Crippen LogP contribution in [-0.4, -0.2) is 19.7 Å². The number of hydrogen-bond donors (Lipinski definition) is 2. The van der Waals surface area contributed by atoms with Gasteiger partial charge in [-0.2, -0.15) is 5.10 Å². The number of nitrogen functional groups attached to an aromatic ring is 1. The highest BCUT2D eigenvalue weighted by Crippen LogP contribution is 2.27. The number of aryl methyl sites for hydroxylation is 1. The van der Waals surface area contributed by atoms with E-state index in [2.05, 4.69) is 15.5 Å². The second-order valence-corrected chi connectivity index (χ2v) is 4.22. The Morgan fingerprint density at radius 1 is 1.47 bits per heavy atom. The van der Waals surface area contributed by atoms with E-state index in [0.717, 1.165) is 0 Å². The molecule has 2 rings (SSSR count). The number of rotatable bonds is 3. The summed E-state index contributed by atoms with van der Waals surface area (Å²) in [6.07, 6.45) is 0. The van der Waals surface area contributed by atoms with E-state index < -0.39 is 4.92 Å². The maximum absolute atomic E-state index is 11.0. The molecule has 0 aliphatic carbocycles. The van der Waals surface area contributed by atoms with Crippen LogP contribution in [0.3, 0.4) is 0 Å². The minimum Gasteiger partial charge on any atom is -0.308 e. The van der Waals surface area contributed by atoms with Crippen LogP contribution < -0.4 is 11.3 Å². The minimum atomic E-state index is -0.535. The van der Waals surface area contributed by atoms with Crippen molar-refractivity contribution < 1.29 is 4.92 Å². The van der Waals surface area contributed by atoms with Gasteiger partial charge in [-0.15, -0.1) is 0 Å². The monoisotopic (exact) mass is 282 g/mol. The third-order valence-electron chi connectivity index (χ3n) is 2.60. The number of anilines is 1. The van der Waals surface area contributed by atoms with Crippen molar-refractivity contribution in [1.29, 1.82) is 0 Å². The zero-order valence-electron chi connectivity index (χ0n) is 10.2. The first-order chi connectivity index (χ1) is 8.95. The van der Waals surface area contributed by atoms with Gasteiger partial charge in [0.1, 0.15) is 5.82 Å². The highest BCUT2D eigenvalue weighted by atomic mass is 35.5. The minimum absolute atomic E-state index is 0.0629. The Bertz CT molecular complexity index is 654. The molecule has 0 aliphatic rings.